The first-order chi connectivity index (χ1) is 18.6. The lowest BCUT2D eigenvalue weighted by molar-refractivity contribution is -0.143. The third-order valence-corrected chi connectivity index (χ3v) is 6.38. The number of rotatable bonds is 6. The van der Waals surface area contributed by atoms with E-state index in [1.165, 1.54) is 37.0 Å². The highest BCUT2D eigenvalue weighted by Gasteiger charge is 2.38. The molecule has 13 heteroatoms. The summed E-state index contributed by atoms with van der Waals surface area (Å²) in [6.07, 6.45) is -10.6. The van der Waals surface area contributed by atoms with Crippen LogP contribution in [-0.4, -0.2) is 43.8 Å². The molecule has 1 atom stereocenters. The van der Waals surface area contributed by atoms with Gasteiger partial charge >= 0.3 is 18.4 Å². The van der Waals surface area contributed by atoms with Crippen molar-refractivity contribution in [3.8, 4) is 11.5 Å². The Hall–Kier alpha value is -3.64. The van der Waals surface area contributed by atoms with E-state index in [4.69, 9.17) is 14.2 Å². The van der Waals surface area contributed by atoms with Gasteiger partial charge in [-0.1, -0.05) is 0 Å². The minimum absolute atomic E-state index is 0.0396. The number of hydrogen-bond acceptors (Lipinski definition) is 5. The van der Waals surface area contributed by atoms with Gasteiger partial charge in [0.05, 0.1) is 43.2 Å². The molecule has 7 nitrogen and oxygen atoms in total. The number of nitrogens with zero attached hydrogens (tertiary/aromatic N) is 2. The van der Waals surface area contributed by atoms with Gasteiger partial charge in [-0.15, -0.1) is 0 Å². The molecule has 0 bridgehead atoms. The van der Waals surface area contributed by atoms with Crippen LogP contribution in [0, 0.1) is 0 Å². The van der Waals surface area contributed by atoms with Gasteiger partial charge in [0.2, 0.25) is 5.91 Å². The third-order valence-electron chi connectivity index (χ3n) is 6.38. The number of hydrogen-bond donors (Lipinski definition) is 0. The lowest BCUT2D eigenvalue weighted by Gasteiger charge is -2.33. The van der Waals surface area contributed by atoms with Gasteiger partial charge in [0.1, 0.15) is 0 Å². The van der Waals surface area contributed by atoms with Gasteiger partial charge in [-0.05, 0) is 56.5 Å². The van der Waals surface area contributed by atoms with E-state index in [0.29, 0.717) is 29.8 Å². The number of carbonyl (C=O) groups excluding carboxylic acids is 2. The first-order valence-electron chi connectivity index (χ1n) is 12.4. The average Bonchev–Trinajstić information content (AvgIpc) is 3.03. The molecular formula is C27H30F6N2O5. The maximum Gasteiger partial charge on any atom is 0.416 e. The second kappa shape index (κ2) is 11.8. The van der Waals surface area contributed by atoms with Crippen molar-refractivity contribution in [2.24, 2.45) is 0 Å². The summed E-state index contributed by atoms with van der Waals surface area (Å²) in [5.41, 5.74) is -2.59. The maximum absolute atomic E-state index is 13.5. The van der Waals surface area contributed by atoms with Crippen LogP contribution in [0.1, 0.15) is 61.9 Å². The molecule has 1 unspecified atom stereocenters. The van der Waals surface area contributed by atoms with E-state index >= 15 is 0 Å². The molecule has 2 aromatic rings. The van der Waals surface area contributed by atoms with Gasteiger partial charge in [-0.25, -0.2) is 4.79 Å². The number of halogens is 6. The molecule has 3 rings (SSSR count). The molecular weight excluding hydrogens is 546 g/mol. The fourth-order valence-electron chi connectivity index (χ4n) is 4.63. The van der Waals surface area contributed by atoms with Gasteiger partial charge in [0.25, 0.3) is 0 Å². The zero-order valence-electron chi connectivity index (χ0n) is 22.6. The molecule has 2 amide bonds. The number of benzene rings is 2. The largest absolute Gasteiger partial charge is 0.493 e. The summed E-state index contributed by atoms with van der Waals surface area (Å²) in [4.78, 5) is 28.4. The fraction of sp³-hybridized carbons (Fsp3) is 0.481. The molecule has 1 aliphatic heterocycles. The van der Waals surface area contributed by atoms with Crippen LogP contribution in [-0.2, 0) is 28.4 Å². The highest BCUT2D eigenvalue weighted by molar-refractivity contribution is 5.90. The molecule has 1 heterocycles. The Morgan fingerprint density at radius 3 is 1.98 bits per heavy atom. The molecule has 0 saturated carbocycles. The van der Waals surface area contributed by atoms with Crippen LogP contribution in [0.15, 0.2) is 30.3 Å². The summed E-state index contributed by atoms with van der Waals surface area (Å²) >= 11 is 0. The molecule has 0 fully saturated rings. The second-order valence-electron chi connectivity index (χ2n) is 9.57. The number of methoxy groups -OCH3 is 2. The fourth-order valence-corrected chi connectivity index (χ4v) is 4.63. The van der Waals surface area contributed by atoms with Crippen molar-refractivity contribution in [2.45, 2.75) is 64.7 Å². The smallest absolute Gasteiger partial charge is 0.416 e. The van der Waals surface area contributed by atoms with Crippen LogP contribution < -0.4 is 14.4 Å². The Morgan fingerprint density at radius 2 is 1.50 bits per heavy atom. The number of ether oxygens (including phenoxy) is 3. The first-order valence-corrected chi connectivity index (χ1v) is 12.4. The van der Waals surface area contributed by atoms with Crippen molar-refractivity contribution in [3.63, 3.8) is 0 Å². The van der Waals surface area contributed by atoms with Crippen LogP contribution in [0.5, 0.6) is 11.5 Å². The van der Waals surface area contributed by atoms with Gasteiger partial charge in [-0.3, -0.25) is 9.69 Å². The van der Waals surface area contributed by atoms with Crippen molar-refractivity contribution < 1.29 is 50.1 Å². The number of fused-ring (bicyclic) bond motifs is 1. The van der Waals surface area contributed by atoms with E-state index in [0.717, 1.165) is 0 Å². The summed E-state index contributed by atoms with van der Waals surface area (Å²) in [6.45, 7) is 4.16. The lowest BCUT2D eigenvalue weighted by atomic mass is 9.97. The molecule has 40 heavy (non-hydrogen) atoms. The number of anilines is 1. The van der Waals surface area contributed by atoms with Crippen LogP contribution in [0.4, 0.5) is 36.8 Å². The predicted molar refractivity (Wildman–Crippen MR) is 133 cm³/mol. The molecule has 1 aliphatic rings. The number of alkyl halides is 6. The Bertz CT molecular complexity index is 1210. The van der Waals surface area contributed by atoms with E-state index in [2.05, 4.69) is 0 Å². The van der Waals surface area contributed by atoms with Crippen molar-refractivity contribution >= 4 is 17.7 Å². The van der Waals surface area contributed by atoms with Gasteiger partial charge < -0.3 is 19.1 Å². The second-order valence-corrected chi connectivity index (χ2v) is 9.57. The molecule has 2 aromatic carbocycles. The van der Waals surface area contributed by atoms with E-state index in [9.17, 15) is 35.9 Å². The van der Waals surface area contributed by atoms with Crippen LogP contribution in [0.25, 0.3) is 0 Å². The monoisotopic (exact) mass is 576 g/mol. The molecule has 0 saturated heterocycles. The normalized spacial score (nSPS) is 15.8. The van der Waals surface area contributed by atoms with E-state index in [-0.39, 0.29) is 36.1 Å². The zero-order chi connectivity index (χ0) is 30.0. The molecule has 0 aliphatic carbocycles. The molecule has 0 aromatic heterocycles. The Balaban J connectivity index is 2.17. The molecule has 220 valence electrons. The molecule has 0 N–H and O–H groups in total. The predicted octanol–water partition coefficient (Wildman–Crippen LogP) is 6.98. The van der Waals surface area contributed by atoms with Crippen LogP contribution >= 0.6 is 0 Å². The van der Waals surface area contributed by atoms with Crippen LogP contribution in [0.2, 0.25) is 0 Å². The summed E-state index contributed by atoms with van der Waals surface area (Å²) < 4.78 is 97.0. The third kappa shape index (κ3) is 6.92. The highest BCUT2D eigenvalue weighted by atomic mass is 19.4. The Morgan fingerprint density at radius 1 is 0.950 bits per heavy atom. The van der Waals surface area contributed by atoms with E-state index in [1.807, 2.05) is 0 Å². The van der Waals surface area contributed by atoms with Crippen molar-refractivity contribution in [1.82, 2.24) is 4.90 Å². The minimum Gasteiger partial charge on any atom is -0.493 e. The highest BCUT2D eigenvalue weighted by Crippen LogP contribution is 2.44. The summed E-state index contributed by atoms with van der Waals surface area (Å²) in [6, 6.07) is 3.49. The Labute approximate surface area is 227 Å². The van der Waals surface area contributed by atoms with Crippen molar-refractivity contribution in [2.75, 3.05) is 25.7 Å². The first kappa shape index (κ1) is 30.9. The Kier molecular flexibility index (Phi) is 9.15. The quantitative estimate of drug-likeness (QED) is 0.347. The van der Waals surface area contributed by atoms with Gasteiger partial charge in [0, 0.05) is 31.6 Å². The standard InChI is InChI=1S/C27H30F6N2O5/c1-15(2)40-25(37)34-8-6-7-21(20-12-23(38-4)24(39-5)13-22(20)34)35(16(3)36)14-17-9-18(26(28,29)30)11-19(10-17)27(31,32)33/h9-13,15,21H,6-8,14H2,1-5H3. The number of carbonyl (C=O) groups is 2. The minimum atomic E-state index is -5.03. The lowest BCUT2D eigenvalue weighted by Crippen LogP contribution is -2.35. The van der Waals surface area contributed by atoms with Gasteiger partial charge in [-0.2, -0.15) is 26.3 Å². The maximum atomic E-state index is 13.5. The summed E-state index contributed by atoms with van der Waals surface area (Å²) in [5.74, 6) is -0.0616. The SMILES string of the molecule is COc1cc2c(cc1OC)N(C(=O)OC(C)C)CCCC2N(Cc1cc(C(F)(F)F)cc(C(F)(F)F)c1)C(C)=O. The molecule has 0 spiro atoms. The summed E-state index contributed by atoms with van der Waals surface area (Å²) in [7, 11) is 2.77. The van der Waals surface area contributed by atoms with Crippen molar-refractivity contribution in [3.05, 3.63) is 52.6 Å². The van der Waals surface area contributed by atoms with Crippen LogP contribution in [0.3, 0.4) is 0 Å². The summed E-state index contributed by atoms with van der Waals surface area (Å²) in [5, 5.41) is 0. The van der Waals surface area contributed by atoms with Gasteiger partial charge in [0.15, 0.2) is 11.5 Å². The zero-order valence-corrected chi connectivity index (χ0v) is 22.6. The van der Waals surface area contributed by atoms with Crippen molar-refractivity contribution in [1.29, 1.82) is 0 Å². The topological polar surface area (TPSA) is 68.3 Å². The van der Waals surface area contributed by atoms with E-state index < -0.39 is 54.2 Å². The molecule has 0 radical (unpaired) electrons. The number of amides is 2. The average molecular weight is 577 g/mol. The van der Waals surface area contributed by atoms with E-state index in [1.54, 1.807) is 19.9 Å².